The summed E-state index contributed by atoms with van der Waals surface area (Å²) >= 11 is 0. The predicted octanol–water partition coefficient (Wildman–Crippen LogP) is 5.81. The maximum atomic E-state index is 10.9. The Labute approximate surface area is 147 Å². The van der Waals surface area contributed by atoms with Crippen molar-refractivity contribution < 1.29 is 19.8 Å². The second kappa shape index (κ2) is 16.5. The highest BCUT2D eigenvalue weighted by Crippen LogP contribution is 2.16. The lowest BCUT2D eigenvalue weighted by atomic mass is 9.97. The molecule has 1 unspecified atom stereocenters. The normalized spacial score (nSPS) is 12.5. The first-order chi connectivity index (χ1) is 11.6. The molecule has 140 valence electrons. The summed E-state index contributed by atoms with van der Waals surface area (Å²) in [7, 11) is 0. The molecule has 2 N–H and O–H groups in total. The van der Waals surface area contributed by atoms with Crippen molar-refractivity contribution in [2.75, 3.05) is 0 Å². The fraction of sp³-hybridized carbons (Fsp3) is 0.800. The number of hydrogen-bond acceptors (Lipinski definition) is 2. The van der Waals surface area contributed by atoms with Gasteiger partial charge < -0.3 is 10.2 Å². The van der Waals surface area contributed by atoms with Crippen LogP contribution in [0.5, 0.6) is 0 Å². The van der Waals surface area contributed by atoms with E-state index in [-0.39, 0.29) is 6.42 Å². The second-order valence-corrected chi connectivity index (χ2v) is 6.63. The summed E-state index contributed by atoms with van der Waals surface area (Å²) in [5, 5.41) is 17.6. The molecule has 0 aromatic heterocycles. The molecule has 0 heterocycles. The van der Waals surface area contributed by atoms with Crippen LogP contribution in [0.4, 0.5) is 0 Å². The number of carbonyl (C=O) groups is 2. The highest BCUT2D eigenvalue weighted by atomic mass is 16.4. The molecular weight excluding hydrogens is 304 g/mol. The van der Waals surface area contributed by atoms with Gasteiger partial charge in [0.05, 0.1) is 12.3 Å². The van der Waals surface area contributed by atoms with Crippen LogP contribution in [-0.2, 0) is 9.59 Å². The zero-order chi connectivity index (χ0) is 18.0. The average molecular weight is 341 g/mol. The van der Waals surface area contributed by atoms with E-state index in [1.165, 1.54) is 51.4 Å². The van der Waals surface area contributed by atoms with Crippen LogP contribution in [0.15, 0.2) is 12.2 Å². The Morgan fingerprint density at radius 2 is 1.29 bits per heavy atom. The van der Waals surface area contributed by atoms with E-state index in [4.69, 9.17) is 10.2 Å². The lowest BCUT2D eigenvalue weighted by Gasteiger charge is -2.09. The molecule has 0 radical (unpaired) electrons. The summed E-state index contributed by atoms with van der Waals surface area (Å²) in [6.07, 6.45) is 19.1. The van der Waals surface area contributed by atoms with E-state index in [9.17, 15) is 9.59 Å². The number of carboxylic acids is 2. The third kappa shape index (κ3) is 15.6. The van der Waals surface area contributed by atoms with E-state index < -0.39 is 17.9 Å². The van der Waals surface area contributed by atoms with Crippen molar-refractivity contribution in [1.29, 1.82) is 0 Å². The fourth-order valence-electron chi connectivity index (χ4n) is 2.88. The minimum atomic E-state index is -1.02. The van der Waals surface area contributed by atoms with Gasteiger partial charge in [-0.05, 0) is 25.7 Å². The number of allylic oxidation sites excluding steroid dienone is 2. The van der Waals surface area contributed by atoms with Crippen molar-refractivity contribution in [3.05, 3.63) is 12.2 Å². The molecule has 4 heteroatoms. The van der Waals surface area contributed by atoms with Crippen molar-refractivity contribution in [2.45, 2.75) is 96.8 Å². The Balaban J connectivity index is 3.34. The number of unbranched alkanes of at least 4 members (excludes halogenated alkanes) is 10. The molecule has 0 rings (SSSR count). The molecule has 0 aliphatic carbocycles. The molecule has 24 heavy (non-hydrogen) atoms. The Kier molecular flexibility index (Phi) is 15.6. The minimum absolute atomic E-state index is 0.260. The van der Waals surface area contributed by atoms with Gasteiger partial charge in [0.2, 0.25) is 0 Å². The van der Waals surface area contributed by atoms with E-state index in [1.807, 2.05) is 0 Å². The molecule has 0 amide bonds. The molecule has 0 bridgehead atoms. The molecule has 0 aliphatic heterocycles. The summed E-state index contributed by atoms with van der Waals surface area (Å²) in [5.41, 5.74) is 0. The standard InChI is InChI=1S/C20H36O4/c1-2-3-4-5-6-7-8-9-10-11-12-13-14-15-16-18(20(23)24)17-19(21)22/h3-4,18H,2,5-17H2,1H3,(H,21,22)(H,23,24). The SMILES string of the molecule is CCC=CCCCCCCCCCCCCC(CC(=O)O)C(=O)O. The van der Waals surface area contributed by atoms with Crippen LogP contribution in [0.25, 0.3) is 0 Å². The minimum Gasteiger partial charge on any atom is -0.481 e. The lowest BCUT2D eigenvalue weighted by molar-refractivity contribution is -0.148. The van der Waals surface area contributed by atoms with E-state index >= 15 is 0 Å². The van der Waals surface area contributed by atoms with Gasteiger partial charge in [0.25, 0.3) is 0 Å². The molecule has 1 atom stereocenters. The molecule has 0 aromatic carbocycles. The molecular formula is C20H36O4. The van der Waals surface area contributed by atoms with Gasteiger partial charge in [-0.1, -0.05) is 76.9 Å². The van der Waals surface area contributed by atoms with Crippen LogP contribution in [0, 0.1) is 5.92 Å². The maximum Gasteiger partial charge on any atom is 0.307 e. The molecule has 0 saturated heterocycles. The van der Waals surface area contributed by atoms with E-state index in [0.29, 0.717) is 6.42 Å². The van der Waals surface area contributed by atoms with Gasteiger partial charge in [-0.2, -0.15) is 0 Å². The second-order valence-electron chi connectivity index (χ2n) is 6.63. The van der Waals surface area contributed by atoms with Crippen LogP contribution >= 0.6 is 0 Å². The predicted molar refractivity (Wildman–Crippen MR) is 98.2 cm³/mol. The van der Waals surface area contributed by atoms with Crippen molar-refractivity contribution in [3.8, 4) is 0 Å². The summed E-state index contributed by atoms with van der Waals surface area (Å²) in [6, 6.07) is 0. The average Bonchev–Trinajstić information content (AvgIpc) is 2.53. The van der Waals surface area contributed by atoms with E-state index in [0.717, 1.165) is 25.7 Å². The first-order valence-electron chi connectivity index (χ1n) is 9.67. The number of rotatable bonds is 17. The highest BCUT2D eigenvalue weighted by molar-refractivity contribution is 5.77. The Morgan fingerprint density at radius 3 is 1.75 bits per heavy atom. The van der Waals surface area contributed by atoms with Crippen LogP contribution in [0.1, 0.15) is 96.8 Å². The largest absolute Gasteiger partial charge is 0.481 e. The number of hydrogen-bond donors (Lipinski definition) is 2. The topological polar surface area (TPSA) is 74.6 Å². The summed E-state index contributed by atoms with van der Waals surface area (Å²) < 4.78 is 0. The quantitative estimate of drug-likeness (QED) is 0.259. The number of aliphatic carboxylic acids is 2. The zero-order valence-electron chi connectivity index (χ0n) is 15.3. The smallest absolute Gasteiger partial charge is 0.307 e. The molecule has 0 aliphatic rings. The molecule has 0 aromatic rings. The Bertz CT molecular complexity index is 350. The van der Waals surface area contributed by atoms with Crippen LogP contribution in [0.2, 0.25) is 0 Å². The molecule has 0 saturated carbocycles. The van der Waals surface area contributed by atoms with E-state index in [1.54, 1.807) is 0 Å². The van der Waals surface area contributed by atoms with Crippen molar-refractivity contribution >= 4 is 11.9 Å². The van der Waals surface area contributed by atoms with Gasteiger partial charge in [0, 0.05) is 0 Å². The Hall–Kier alpha value is -1.32. The van der Waals surface area contributed by atoms with Crippen LogP contribution in [-0.4, -0.2) is 22.2 Å². The third-order valence-corrected chi connectivity index (χ3v) is 4.35. The lowest BCUT2D eigenvalue weighted by Crippen LogP contribution is -2.17. The summed E-state index contributed by atoms with van der Waals surface area (Å²) in [6.45, 7) is 2.16. The first-order valence-corrected chi connectivity index (χ1v) is 9.67. The zero-order valence-corrected chi connectivity index (χ0v) is 15.3. The number of carboxylic acid groups (broad SMARTS) is 2. The van der Waals surface area contributed by atoms with Crippen molar-refractivity contribution in [3.63, 3.8) is 0 Å². The van der Waals surface area contributed by atoms with Gasteiger partial charge >= 0.3 is 11.9 Å². The summed E-state index contributed by atoms with van der Waals surface area (Å²) in [4.78, 5) is 21.5. The molecule has 0 fully saturated rings. The molecule has 4 nitrogen and oxygen atoms in total. The van der Waals surface area contributed by atoms with Crippen molar-refractivity contribution in [1.82, 2.24) is 0 Å². The van der Waals surface area contributed by atoms with Crippen LogP contribution in [0.3, 0.4) is 0 Å². The monoisotopic (exact) mass is 340 g/mol. The third-order valence-electron chi connectivity index (χ3n) is 4.35. The Morgan fingerprint density at radius 1 is 0.792 bits per heavy atom. The van der Waals surface area contributed by atoms with Gasteiger partial charge in [-0.25, -0.2) is 0 Å². The first kappa shape index (κ1) is 22.7. The van der Waals surface area contributed by atoms with E-state index in [2.05, 4.69) is 19.1 Å². The van der Waals surface area contributed by atoms with Gasteiger partial charge in [0.15, 0.2) is 0 Å². The molecule has 0 spiro atoms. The van der Waals surface area contributed by atoms with Gasteiger partial charge in [-0.15, -0.1) is 0 Å². The van der Waals surface area contributed by atoms with Crippen molar-refractivity contribution in [2.24, 2.45) is 5.92 Å². The van der Waals surface area contributed by atoms with Crippen LogP contribution < -0.4 is 0 Å². The summed E-state index contributed by atoms with van der Waals surface area (Å²) in [5.74, 6) is -2.74. The highest BCUT2D eigenvalue weighted by Gasteiger charge is 2.20. The van der Waals surface area contributed by atoms with Gasteiger partial charge in [-0.3, -0.25) is 9.59 Å². The van der Waals surface area contributed by atoms with Gasteiger partial charge in [0.1, 0.15) is 0 Å². The maximum absolute atomic E-state index is 10.9. The fourth-order valence-corrected chi connectivity index (χ4v) is 2.88.